The first-order valence-electron chi connectivity index (χ1n) is 5.84. The highest BCUT2D eigenvalue weighted by molar-refractivity contribution is 5.70. The highest BCUT2D eigenvalue weighted by Gasteiger charge is 2.18. The first-order chi connectivity index (χ1) is 7.54. The number of rotatable bonds is 7. The molecule has 4 nitrogen and oxygen atoms in total. The van der Waals surface area contributed by atoms with Gasteiger partial charge in [0, 0.05) is 12.6 Å². The Morgan fingerprint density at radius 3 is 2.50 bits per heavy atom. The molecule has 0 heterocycles. The maximum Gasteiger partial charge on any atom is 0.307 e. The van der Waals surface area contributed by atoms with E-state index >= 15 is 0 Å². The van der Waals surface area contributed by atoms with E-state index in [1.807, 2.05) is 20.8 Å². The fourth-order valence-electron chi connectivity index (χ4n) is 1.60. The van der Waals surface area contributed by atoms with Gasteiger partial charge in [-0.1, -0.05) is 6.92 Å². The van der Waals surface area contributed by atoms with Crippen LogP contribution in [0.25, 0.3) is 0 Å². The predicted octanol–water partition coefficient (Wildman–Crippen LogP) is 1.81. The number of nitrogens with zero attached hydrogens (tertiary/aromatic N) is 2. The molecule has 0 aromatic heterocycles. The topological polar surface area (TPSA) is 53.3 Å². The number of hydrogen-bond donors (Lipinski definition) is 0. The Labute approximate surface area is 98.2 Å². The molecule has 4 heteroatoms. The van der Waals surface area contributed by atoms with Crippen LogP contribution in [0, 0.1) is 17.2 Å². The molecule has 0 N–H and O–H groups in total. The lowest BCUT2D eigenvalue weighted by Gasteiger charge is -2.27. The van der Waals surface area contributed by atoms with E-state index in [1.165, 1.54) is 0 Å². The summed E-state index contributed by atoms with van der Waals surface area (Å²) in [6, 6.07) is 2.33. The molecular weight excluding hydrogens is 204 g/mol. The number of carbonyl (C=O) groups excluding carboxylic acids is 1. The molecule has 0 saturated heterocycles. The predicted molar refractivity (Wildman–Crippen MR) is 62.7 cm³/mol. The van der Waals surface area contributed by atoms with E-state index in [4.69, 9.17) is 10.00 Å². The van der Waals surface area contributed by atoms with Crippen molar-refractivity contribution in [2.45, 2.75) is 40.2 Å². The number of esters is 1. The molecule has 0 amide bonds. The number of carbonyl (C=O) groups is 1. The molecule has 0 rings (SSSR count). The summed E-state index contributed by atoms with van der Waals surface area (Å²) in [5.74, 6) is -0.178. The summed E-state index contributed by atoms with van der Waals surface area (Å²) in [5, 5.41) is 8.76. The Kier molecular flexibility index (Phi) is 7.57. The number of nitriles is 1. The SMILES string of the molecule is CCOC(=O)CC(C)N(CC)CC(C)C#N. The summed E-state index contributed by atoms with van der Waals surface area (Å²) in [6.45, 7) is 9.68. The van der Waals surface area contributed by atoms with E-state index in [1.54, 1.807) is 6.92 Å². The Morgan fingerprint density at radius 1 is 1.44 bits per heavy atom. The van der Waals surface area contributed by atoms with Crippen LogP contribution < -0.4 is 0 Å². The molecular formula is C12H22N2O2. The second kappa shape index (κ2) is 8.12. The molecule has 0 bridgehead atoms. The van der Waals surface area contributed by atoms with Crippen molar-refractivity contribution in [1.29, 1.82) is 5.26 Å². The second-order valence-corrected chi connectivity index (χ2v) is 3.98. The van der Waals surface area contributed by atoms with E-state index in [0.29, 0.717) is 19.6 Å². The monoisotopic (exact) mass is 226 g/mol. The standard InChI is InChI=1S/C12H22N2O2/c1-5-14(9-10(3)8-13)11(4)7-12(15)16-6-2/h10-11H,5-7,9H2,1-4H3. The Bertz CT molecular complexity index is 248. The van der Waals surface area contributed by atoms with E-state index in [9.17, 15) is 4.79 Å². The summed E-state index contributed by atoms with van der Waals surface area (Å²) in [7, 11) is 0. The summed E-state index contributed by atoms with van der Waals surface area (Å²) >= 11 is 0. The number of hydrogen-bond acceptors (Lipinski definition) is 4. The summed E-state index contributed by atoms with van der Waals surface area (Å²) in [6.07, 6.45) is 0.389. The van der Waals surface area contributed by atoms with Crippen LogP contribution in [0.1, 0.15) is 34.1 Å². The van der Waals surface area contributed by atoms with Gasteiger partial charge in [-0.05, 0) is 27.3 Å². The van der Waals surface area contributed by atoms with E-state index < -0.39 is 0 Å². The quantitative estimate of drug-likeness (QED) is 0.621. The number of ether oxygens (including phenoxy) is 1. The molecule has 16 heavy (non-hydrogen) atoms. The highest BCUT2D eigenvalue weighted by Crippen LogP contribution is 2.08. The smallest absolute Gasteiger partial charge is 0.307 e. The maximum atomic E-state index is 11.3. The molecule has 0 fully saturated rings. The van der Waals surface area contributed by atoms with Gasteiger partial charge in [-0.25, -0.2) is 0 Å². The lowest BCUT2D eigenvalue weighted by molar-refractivity contribution is -0.144. The largest absolute Gasteiger partial charge is 0.466 e. The van der Waals surface area contributed by atoms with Crippen molar-refractivity contribution in [3.05, 3.63) is 0 Å². The molecule has 2 atom stereocenters. The second-order valence-electron chi connectivity index (χ2n) is 3.98. The summed E-state index contributed by atoms with van der Waals surface area (Å²) in [5.41, 5.74) is 0. The average Bonchev–Trinajstić information content (AvgIpc) is 2.25. The van der Waals surface area contributed by atoms with Crippen molar-refractivity contribution in [2.75, 3.05) is 19.7 Å². The highest BCUT2D eigenvalue weighted by atomic mass is 16.5. The minimum Gasteiger partial charge on any atom is -0.466 e. The van der Waals surface area contributed by atoms with Crippen LogP contribution in [-0.4, -0.2) is 36.6 Å². The van der Waals surface area contributed by atoms with Gasteiger partial charge in [-0.3, -0.25) is 9.69 Å². The van der Waals surface area contributed by atoms with Crippen LogP contribution in [0.3, 0.4) is 0 Å². The zero-order valence-corrected chi connectivity index (χ0v) is 10.7. The van der Waals surface area contributed by atoms with Gasteiger partial charge in [0.15, 0.2) is 0 Å². The third-order valence-corrected chi connectivity index (χ3v) is 2.53. The summed E-state index contributed by atoms with van der Waals surface area (Å²) < 4.78 is 4.91. The van der Waals surface area contributed by atoms with Crippen LogP contribution in [-0.2, 0) is 9.53 Å². The molecule has 0 saturated carbocycles. The van der Waals surface area contributed by atoms with Gasteiger partial charge in [-0.15, -0.1) is 0 Å². The van der Waals surface area contributed by atoms with E-state index in [2.05, 4.69) is 11.0 Å². The lowest BCUT2D eigenvalue weighted by atomic mass is 10.1. The minimum atomic E-state index is -0.168. The molecule has 0 aliphatic carbocycles. The van der Waals surface area contributed by atoms with Crippen LogP contribution in [0.4, 0.5) is 0 Å². The zero-order chi connectivity index (χ0) is 12.6. The van der Waals surface area contributed by atoms with Crippen molar-refractivity contribution in [1.82, 2.24) is 4.90 Å². The van der Waals surface area contributed by atoms with Crippen molar-refractivity contribution in [3.8, 4) is 6.07 Å². The van der Waals surface area contributed by atoms with Gasteiger partial charge in [0.1, 0.15) is 0 Å². The Hall–Kier alpha value is -1.08. The van der Waals surface area contributed by atoms with Gasteiger partial charge in [0.2, 0.25) is 0 Å². The van der Waals surface area contributed by atoms with E-state index in [-0.39, 0.29) is 17.9 Å². The van der Waals surface area contributed by atoms with Crippen LogP contribution in [0.15, 0.2) is 0 Å². The van der Waals surface area contributed by atoms with Crippen LogP contribution in [0.5, 0.6) is 0 Å². The van der Waals surface area contributed by atoms with Crippen molar-refractivity contribution < 1.29 is 9.53 Å². The molecule has 0 aromatic carbocycles. The molecule has 0 aliphatic rings. The van der Waals surface area contributed by atoms with Crippen molar-refractivity contribution in [2.24, 2.45) is 5.92 Å². The van der Waals surface area contributed by atoms with Gasteiger partial charge in [-0.2, -0.15) is 5.26 Å². The van der Waals surface area contributed by atoms with Gasteiger partial charge >= 0.3 is 5.97 Å². The zero-order valence-electron chi connectivity index (χ0n) is 10.7. The lowest BCUT2D eigenvalue weighted by Crippen LogP contribution is -2.37. The summed E-state index contributed by atoms with van der Waals surface area (Å²) in [4.78, 5) is 13.4. The van der Waals surface area contributed by atoms with Crippen LogP contribution in [0.2, 0.25) is 0 Å². The Morgan fingerprint density at radius 2 is 2.06 bits per heavy atom. The van der Waals surface area contributed by atoms with Crippen molar-refractivity contribution in [3.63, 3.8) is 0 Å². The normalized spacial score (nSPS) is 14.2. The average molecular weight is 226 g/mol. The van der Waals surface area contributed by atoms with E-state index in [0.717, 1.165) is 6.54 Å². The third-order valence-electron chi connectivity index (χ3n) is 2.53. The van der Waals surface area contributed by atoms with Crippen molar-refractivity contribution >= 4 is 5.97 Å². The van der Waals surface area contributed by atoms with Gasteiger partial charge in [0.05, 0.1) is 25.0 Å². The fourth-order valence-corrected chi connectivity index (χ4v) is 1.60. The first-order valence-corrected chi connectivity index (χ1v) is 5.84. The first kappa shape index (κ1) is 14.9. The van der Waals surface area contributed by atoms with Gasteiger partial charge in [0.25, 0.3) is 0 Å². The molecule has 0 aromatic rings. The Balaban J connectivity index is 4.15. The molecule has 0 spiro atoms. The molecule has 0 radical (unpaired) electrons. The fraction of sp³-hybridized carbons (Fsp3) is 0.833. The molecule has 92 valence electrons. The minimum absolute atomic E-state index is 0.00963. The van der Waals surface area contributed by atoms with Gasteiger partial charge < -0.3 is 4.74 Å². The maximum absolute atomic E-state index is 11.3. The molecule has 0 aliphatic heterocycles. The third kappa shape index (κ3) is 5.72. The molecule has 2 unspecified atom stereocenters. The van der Waals surface area contributed by atoms with Crippen LogP contribution >= 0.6 is 0 Å².